The van der Waals surface area contributed by atoms with Crippen LogP contribution in [0.5, 0.6) is 0 Å². The summed E-state index contributed by atoms with van der Waals surface area (Å²) in [4.78, 5) is 12.3. The monoisotopic (exact) mass is 342 g/mol. The maximum absolute atomic E-state index is 12.3. The van der Waals surface area contributed by atoms with Gasteiger partial charge in [-0.25, -0.2) is 4.68 Å². The van der Waals surface area contributed by atoms with Gasteiger partial charge in [0.05, 0.1) is 24.9 Å². The van der Waals surface area contributed by atoms with E-state index < -0.39 is 5.54 Å². The molecule has 0 atom stereocenters. The quantitative estimate of drug-likeness (QED) is 0.873. The summed E-state index contributed by atoms with van der Waals surface area (Å²) in [6, 6.07) is 4.65. The van der Waals surface area contributed by atoms with E-state index in [-0.39, 0.29) is 12.5 Å². The number of nitrogens with zero attached hydrogens (tertiary/aromatic N) is 3. The molecule has 1 aromatic carbocycles. The van der Waals surface area contributed by atoms with E-state index in [1.165, 1.54) is 4.68 Å². The first-order chi connectivity index (χ1) is 10.3. The minimum atomic E-state index is -0.737. The third-order valence-electron chi connectivity index (χ3n) is 3.06. The van der Waals surface area contributed by atoms with Crippen molar-refractivity contribution in [2.75, 3.05) is 6.61 Å². The Kier molecular flexibility index (Phi) is 5.05. The van der Waals surface area contributed by atoms with Crippen LogP contribution >= 0.6 is 23.2 Å². The van der Waals surface area contributed by atoms with Gasteiger partial charge >= 0.3 is 0 Å². The summed E-state index contributed by atoms with van der Waals surface area (Å²) >= 11 is 11.8. The van der Waals surface area contributed by atoms with E-state index >= 15 is 0 Å². The maximum atomic E-state index is 12.3. The summed E-state index contributed by atoms with van der Waals surface area (Å²) in [5.74, 6) is -0.314. The molecule has 0 saturated heterocycles. The number of hydrogen-bond donors (Lipinski definition) is 2. The summed E-state index contributed by atoms with van der Waals surface area (Å²) < 4.78 is 1.51. The molecule has 6 nitrogen and oxygen atoms in total. The van der Waals surface area contributed by atoms with Crippen molar-refractivity contribution < 1.29 is 9.90 Å². The van der Waals surface area contributed by atoms with Crippen molar-refractivity contribution in [1.29, 1.82) is 0 Å². The van der Waals surface area contributed by atoms with Gasteiger partial charge in [0.15, 0.2) is 0 Å². The Morgan fingerprint density at radius 1 is 1.32 bits per heavy atom. The number of hydrogen-bond acceptors (Lipinski definition) is 4. The highest BCUT2D eigenvalue weighted by molar-refractivity contribution is 6.35. The molecule has 0 unspecified atom stereocenters. The lowest BCUT2D eigenvalue weighted by molar-refractivity contribution is 0.0910. The molecule has 2 rings (SSSR count). The molecule has 2 aromatic rings. The van der Waals surface area contributed by atoms with Crippen molar-refractivity contribution in [2.45, 2.75) is 25.9 Å². The van der Waals surface area contributed by atoms with Crippen molar-refractivity contribution in [3.8, 4) is 0 Å². The van der Waals surface area contributed by atoms with Crippen molar-refractivity contribution in [2.24, 2.45) is 0 Å². The molecule has 118 valence electrons. The van der Waals surface area contributed by atoms with Crippen LogP contribution in [-0.4, -0.2) is 32.6 Å². The summed E-state index contributed by atoms with van der Waals surface area (Å²) in [5.41, 5.74) is 0.218. The molecule has 22 heavy (non-hydrogen) atoms. The molecule has 0 spiro atoms. The molecule has 0 aliphatic rings. The van der Waals surface area contributed by atoms with E-state index in [9.17, 15) is 4.79 Å². The van der Waals surface area contributed by atoms with E-state index in [0.717, 1.165) is 0 Å². The normalized spacial score (nSPS) is 11.5. The maximum Gasteiger partial charge on any atom is 0.252 e. The van der Waals surface area contributed by atoms with Gasteiger partial charge in [-0.1, -0.05) is 28.4 Å². The zero-order valence-electron chi connectivity index (χ0n) is 12.2. The number of amides is 1. The van der Waals surface area contributed by atoms with Crippen LogP contribution in [0.15, 0.2) is 24.4 Å². The lowest BCUT2D eigenvalue weighted by Crippen LogP contribution is -2.41. The Morgan fingerprint density at radius 3 is 2.55 bits per heavy atom. The van der Waals surface area contributed by atoms with Gasteiger partial charge in [0.25, 0.3) is 5.91 Å². The highest BCUT2D eigenvalue weighted by atomic mass is 35.5. The van der Waals surface area contributed by atoms with Gasteiger partial charge in [0, 0.05) is 15.6 Å². The fourth-order valence-electron chi connectivity index (χ4n) is 1.90. The Bertz CT molecular complexity index is 665. The van der Waals surface area contributed by atoms with Crippen molar-refractivity contribution in [1.82, 2.24) is 20.3 Å². The molecule has 0 saturated carbocycles. The molecule has 1 amide bonds. The third kappa shape index (κ3) is 3.97. The van der Waals surface area contributed by atoms with Crippen molar-refractivity contribution in [3.05, 3.63) is 45.7 Å². The minimum Gasteiger partial charge on any atom is -0.394 e. The van der Waals surface area contributed by atoms with Crippen LogP contribution in [0.1, 0.15) is 29.9 Å². The number of aliphatic hydroxyl groups is 1. The first kappa shape index (κ1) is 16.7. The first-order valence-corrected chi connectivity index (χ1v) is 7.37. The average Bonchev–Trinajstić information content (AvgIpc) is 2.87. The van der Waals surface area contributed by atoms with Crippen LogP contribution in [0.2, 0.25) is 10.0 Å². The van der Waals surface area contributed by atoms with Gasteiger partial charge in [-0.05, 0) is 32.0 Å². The molecular weight excluding hydrogens is 327 g/mol. The van der Waals surface area contributed by atoms with E-state index in [0.29, 0.717) is 27.8 Å². The van der Waals surface area contributed by atoms with Crippen LogP contribution in [0.25, 0.3) is 0 Å². The Labute approximate surface area is 138 Å². The summed E-state index contributed by atoms with van der Waals surface area (Å²) in [6.45, 7) is 3.94. The van der Waals surface area contributed by atoms with Gasteiger partial charge in [-0.3, -0.25) is 4.79 Å². The van der Waals surface area contributed by atoms with E-state index in [1.54, 1.807) is 24.4 Å². The second kappa shape index (κ2) is 6.64. The second-order valence-corrected chi connectivity index (χ2v) is 6.20. The van der Waals surface area contributed by atoms with E-state index in [4.69, 9.17) is 28.3 Å². The largest absolute Gasteiger partial charge is 0.394 e. The molecule has 0 bridgehead atoms. The predicted molar refractivity (Wildman–Crippen MR) is 84.1 cm³/mol. The van der Waals surface area contributed by atoms with Gasteiger partial charge in [0.1, 0.15) is 5.69 Å². The van der Waals surface area contributed by atoms with Crippen LogP contribution in [0.4, 0.5) is 0 Å². The number of carbonyl (C=O) groups excluding carboxylic acids is 1. The summed E-state index contributed by atoms with van der Waals surface area (Å²) in [7, 11) is 0. The van der Waals surface area contributed by atoms with Gasteiger partial charge in [-0.15, -0.1) is 5.10 Å². The summed E-state index contributed by atoms with van der Waals surface area (Å²) in [5, 5.41) is 20.5. The molecular formula is C14H16Cl2N4O2. The molecule has 0 aliphatic heterocycles. The lowest BCUT2D eigenvalue weighted by Gasteiger charge is -2.23. The fourth-order valence-corrected chi connectivity index (χ4v) is 2.43. The van der Waals surface area contributed by atoms with E-state index in [1.807, 2.05) is 13.8 Å². The Hall–Kier alpha value is -1.63. The second-order valence-electron chi connectivity index (χ2n) is 5.33. The SMILES string of the molecule is CC(C)(NC(=O)c1cc(Cl)cc(Cl)c1)c1cn(CCO)nn1. The van der Waals surface area contributed by atoms with Gasteiger partial charge < -0.3 is 10.4 Å². The smallest absolute Gasteiger partial charge is 0.252 e. The van der Waals surface area contributed by atoms with Crippen LogP contribution in [0, 0.1) is 0 Å². The topological polar surface area (TPSA) is 80.0 Å². The number of nitrogens with one attached hydrogen (secondary N) is 1. The van der Waals surface area contributed by atoms with Crippen LogP contribution in [-0.2, 0) is 12.1 Å². The summed E-state index contributed by atoms with van der Waals surface area (Å²) in [6.07, 6.45) is 1.68. The highest BCUT2D eigenvalue weighted by Crippen LogP contribution is 2.21. The number of rotatable bonds is 5. The lowest BCUT2D eigenvalue weighted by atomic mass is 10.0. The predicted octanol–water partition coefficient (Wildman–Crippen LogP) is 2.24. The zero-order valence-corrected chi connectivity index (χ0v) is 13.7. The average molecular weight is 343 g/mol. The molecule has 8 heteroatoms. The molecule has 1 heterocycles. The molecule has 1 aromatic heterocycles. The standard InChI is InChI=1S/C14H16Cl2N4O2/c1-14(2,12-8-20(3-4-21)19-18-12)17-13(22)9-5-10(15)7-11(16)6-9/h5-8,21H,3-4H2,1-2H3,(H,17,22). The molecule has 0 aliphatic carbocycles. The fraction of sp³-hybridized carbons (Fsp3) is 0.357. The molecule has 2 N–H and O–H groups in total. The number of halogens is 2. The third-order valence-corrected chi connectivity index (χ3v) is 3.50. The van der Waals surface area contributed by atoms with Crippen LogP contribution < -0.4 is 5.32 Å². The van der Waals surface area contributed by atoms with Gasteiger partial charge in [-0.2, -0.15) is 0 Å². The first-order valence-electron chi connectivity index (χ1n) is 6.62. The number of carbonyl (C=O) groups is 1. The van der Waals surface area contributed by atoms with Crippen LogP contribution in [0.3, 0.4) is 0 Å². The Balaban J connectivity index is 2.17. The number of benzene rings is 1. The highest BCUT2D eigenvalue weighted by Gasteiger charge is 2.27. The molecule has 0 fully saturated rings. The van der Waals surface area contributed by atoms with Crippen molar-refractivity contribution >= 4 is 29.1 Å². The number of aliphatic hydroxyl groups excluding tert-OH is 1. The minimum absolute atomic E-state index is 0.0311. The van der Waals surface area contributed by atoms with Gasteiger partial charge in [0.2, 0.25) is 0 Å². The van der Waals surface area contributed by atoms with Crippen molar-refractivity contribution in [3.63, 3.8) is 0 Å². The number of aromatic nitrogens is 3. The van der Waals surface area contributed by atoms with E-state index in [2.05, 4.69) is 15.6 Å². The Morgan fingerprint density at radius 2 is 1.95 bits per heavy atom. The zero-order chi connectivity index (χ0) is 16.3. The molecule has 0 radical (unpaired) electrons.